The van der Waals surface area contributed by atoms with Crippen LogP contribution < -0.4 is 4.90 Å². The lowest BCUT2D eigenvalue weighted by molar-refractivity contribution is -0.384. The van der Waals surface area contributed by atoms with Crippen molar-refractivity contribution in [2.24, 2.45) is 5.10 Å². The third-order valence-electron chi connectivity index (χ3n) is 5.62. The molecule has 2 heterocycles. The van der Waals surface area contributed by atoms with E-state index in [1.54, 1.807) is 24.3 Å². The van der Waals surface area contributed by atoms with Crippen molar-refractivity contribution < 1.29 is 19.2 Å². The minimum absolute atomic E-state index is 0.101. The average molecular weight is 430 g/mol. The summed E-state index contributed by atoms with van der Waals surface area (Å²) in [5.74, 6) is -1.07. The molecular weight excluding hydrogens is 412 g/mol. The number of non-ortho nitro benzene ring substituents is 1. The molecule has 0 radical (unpaired) electrons. The summed E-state index contributed by atoms with van der Waals surface area (Å²) in [4.78, 5) is 38.9. The van der Waals surface area contributed by atoms with Crippen molar-refractivity contribution in [1.82, 2.24) is 5.01 Å². The van der Waals surface area contributed by atoms with Crippen LogP contribution in [0.2, 0.25) is 0 Å². The first-order valence-electron chi connectivity index (χ1n) is 10.1. The largest absolute Gasteiger partial charge is 0.378 e. The highest BCUT2D eigenvalue weighted by Crippen LogP contribution is 2.36. The third-order valence-corrected chi connectivity index (χ3v) is 5.62. The zero-order chi connectivity index (χ0) is 22.2. The maximum atomic E-state index is 13.1. The molecule has 160 valence electrons. The lowest BCUT2D eigenvalue weighted by atomic mass is 9.93. The Labute approximate surface area is 182 Å². The molecule has 32 heavy (non-hydrogen) atoms. The molecule has 0 aliphatic carbocycles. The van der Waals surface area contributed by atoms with Gasteiger partial charge in [0.2, 0.25) is 0 Å². The number of imide groups is 1. The number of rotatable bonds is 4. The molecule has 1 saturated heterocycles. The molecule has 2 aliphatic rings. The van der Waals surface area contributed by atoms with E-state index < -0.39 is 16.7 Å². The van der Waals surface area contributed by atoms with E-state index in [9.17, 15) is 19.7 Å². The molecule has 0 spiro atoms. The van der Waals surface area contributed by atoms with Crippen LogP contribution in [-0.4, -0.2) is 54.3 Å². The molecule has 5 rings (SSSR count). The predicted molar refractivity (Wildman–Crippen MR) is 118 cm³/mol. The van der Waals surface area contributed by atoms with E-state index in [1.165, 1.54) is 24.4 Å². The number of anilines is 1. The van der Waals surface area contributed by atoms with Gasteiger partial charge in [-0.3, -0.25) is 19.7 Å². The highest BCUT2D eigenvalue weighted by molar-refractivity contribution is 6.26. The van der Waals surface area contributed by atoms with E-state index in [-0.39, 0.29) is 5.69 Å². The van der Waals surface area contributed by atoms with Crippen LogP contribution in [0.4, 0.5) is 11.4 Å². The van der Waals surface area contributed by atoms with E-state index >= 15 is 0 Å². The number of hydrogen-bond acceptors (Lipinski definition) is 7. The Hall–Kier alpha value is -4.11. The molecule has 3 aromatic carbocycles. The van der Waals surface area contributed by atoms with Crippen molar-refractivity contribution in [1.29, 1.82) is 0 Å². The first kappa shape index (κ1) is 19.8. The number of nitrogens with zero attached hydrogens (tertiary/aromatic N) is 4. The van der Waals surface area contributed by atoms with Crippen LogP contribution in [0.15, 0.2) is 59.7 Å². The quantitative estimate of drug-likeness (QED) is 0.272. The first-order chi connectivity index (χ1) is 15.5. The van der Waals surface area contributed by atoms with Gasteiger partial charge in [-0.25, -0.2) is 0 Å². The summed E-state index contributed by atoms with van der Waals surface area (Å²) in [6.45, 7) is 2.72. The highest BCUT2D eigenvalue weighted by Gasteiger charge is 2.34. The second-order valence-corrected chi connectivity index (χ2v) is 7.48. The van der Waals surface area contributed by atoms with Gasteiger partial charge in [0.25, 0.3) is 17.5 Å². The van der Waals surface area contributed by atoms with Gasteiger partial charge >= 0.3 is 0 Å². The van der Waals surface area contributed by atoms with Crippen molar-refractivity contribution in [3.05, 3.63) is 81.4 Å². The van der Waals surface area contributed by atoms with Gasteiger partial charge in [-0.1, -0.05) is 24.3 Å². The molecule has 0 N–H and O–H groups in total. The average Bonchev–Trinajstić information content (AvgIpc) is 2.83. The van der Waals surface area contributed by atoms with Crippen molar-refractivity contribution in [3.63, 3.8) is 0 Å². The number of morpholine rings is 1. The predicted octanol–water partition coefficient (Wildman–Crippen LogP) is 3.21. The van der Waals surface area contributed by atoms with Crippen LogP contribution in [0.5, 0.6) is 0 Å². The minimum atomic E-state index is -0.533. The second-order valence-electron chi connectivity index (χ2n) is 7.48. The van der Waals surface area contributed by atoms with Crippen molar-refractivity contribution >= 4 is 40.2 Å². The van der Waals surface area contributed by atoms with Crippen molar-refractivity contribution in [2.45, 2.75) is 0 Å². The Balaban J connectivity index is 1.54. The molecule has 3 aromatic rings. The summed E-state index contributed by atoms with van der Waals surface area (Å²) in [5, 5.41) is 17.3. The van der Waals surface area contributed by atoms with Crippen LogP contribution in [0, 0.1) is 10.1 Å². The fourth-order valence-electron chi connectivity index (χ4n) is 4.10. The van der Waals surface area contributed by atoms with Gasteiger partial charge in [-0.2, -0.15) is 10.1 Å². The number of ether oxygens (including phenoxy) is 1. The zero-order valence-electron chi connectivity index (χ0n) is 16.9. The van der Waals surface area contributed by atoms with Crippen LogP contribution in [0.25, 0.3) is 10.8 Å². The maximum Gasteiger partial charge on any atom is 0.282 e. The molecule has 0 atom stereocenters. The van der Waals surface area contributed by atoms with Gasteiger partial charge in [0, 0.05) is 47.2 Å². The minimum Gasteiger partial charge on any atom is -0.378 e. The molecule has 1 fully saturated rings. The Bertz CT molecular complexity index is 1270. The number of carbonyl (C=O) groups excluding carboxylic acids is 2. The van der Waals surface area contributed by atoms with Gasteiger partial charge in [0.1, 0.15) is 0 Å². The summed E-state index contributed by atoms with van der Waals surface area (Å²) in [7, 11) is 0. The molecule has 2 aliphatic heterocycles. The summed E-state index contributed by atoms with van der Waals surface area (Å²) < 4.78 is 5.44. The standard InChI is InChI=1S/C23H18N4O5/c28-22-18-6-2-5-17-20(25-9-11-32-12-10-25)8-7-19(21(17)18)23(29)26(22)24-14-15-3-1-4-16(13-15)27(30)31/h1-8,13-14H,9-12H2/b24-14+. The molecule has 0 aromatic heterocycles. The lowest BCUT2D eigenvalue weighted by Crippen LogP contribution is -2.38. The summed E-state index contributed by atoms with van der Waals surface area (Å²) >= 11 is 0. The smallest absolute Gasteiger partial charge is 0.282 e. The Morgan fingerprint density at radius 1 is 0.969 bits per heavy atom. The summed E-state index contributed by atoms with van der Waals surface area (Å²) in [5.41, 5.74) is 2.05. The molecule has 9 heteroatoms. The molecule has 0 saturated carbocycles. The SMILES string of the molecule is O=C1c2cccc3c(N4CCOCC4)ccc(c23)C(=O)N1/N=C/c1cccc([N+](=O)[O-])c1. The molecule has 0 bridgehead atoms. The van der Waals surface area contributed by atoms with Gasteiger partial charge in [-0.15, -0.1) is 0 Å². The number of amides is 2. The number of nitro benzene ring substituents is 1. The summed E-state index contributed by atoms with van der Waals surface area (Å²) in [6.07, 6.45) is 1.27. The second kappa shape index (κ2) is 7.86. The number of carbonyl (C=O) groups is 2. The fraction of sp³-hybridized carbons (Fsp3) is 0.174. The van der Waals surface area contributed by atoms with Gasteiger partial charge in [0.15, 0.2) is 0 Å². The number of hydrogen-bond donors (Lipinski definition) is 0. The van der Waals surface area contributed by atoms with Crippen LogP contribution >= 0.6 is 0 Å². The van der Waals surface area contributed by atoms with Crippen LogP contribution in [0.3, 0.4) is 0 Å². The van der Waals surface area contributed by atoms with Crippen molar-refractivity contribution in [2.75, 3.05) is 31.2 Å². The Morgan fingerprint density at radius 2 is 1.69 bits per heavy atom. The normalized spacial score (nSPS) is 16.2. The zero-order valence-corrected chi connectivity index (χ0v) is 16.9. The van der Waals surface area contributed by atoms with Crippen LogP contribution in [0.1, 0.15) is 26.3 Å². The number of nitro groups is 1. The molecule has 0 unspecified atom stereocenters. The third kappa shape index (κ3) is 3.28. The lowest BCUT2D eigenvalue weighted by Gasteiger charge is -2.31. The maximum absolute atomic E-state index is 13.1. The fourth-order valence-corrected chi connectivity index (χ4v) is 4.10. The summed E-state index contributed by atoms with van der Waals surface area (Å²) in [6, 6.07) is 14.8. The highest BCUT2D eigenvalue weighted by atomic mass is 16.6. The van der Waals surface area contributed by atoms with E-state index in [0.717, 1.165) is 29.2 Å². The first-order valence-corrected chi connectivity index (χ1v) is 10.1. The van der Waals surface area contributed by atoms with Gasteiger partial charge in [-0.05, 0) is 18.2 Å². The Morgan fingerprint density at radius 3 is 2.44 bits per heavy atom. The molecular formula is C23H18N4O5. The monoisotopic (exact) mass is 430 g/mol. The Kier molecular flexibility index (Phi) is 4.87. The number of benzene rings is 3. The number of hydrazone groups is 1. The van der Waals surface area contributed by atoms with Crippen molar-refractivity contribution in [3.8, 4) is 0 Å². The van der Waals surface area contributed by atoms with E-state index in [2.05, 4.69) is 10.0 Å². The van der Waals surface area contributed by atoms with Crippen LogP contribution in [-0.2, 0) is 4.74 Å². The van der Waals surface area contributed by atoms with E-state index in [4.69, 9.17) is 4.74 Å². The molecule has 2 amide bonds. The van der Waals surface area contributed by atoms with E-state index in [0.29, 0.717) is 35.3 Å². The van der Waals surface area contributed by atoms with Gasteiger partial charge in [0.05, 0.1) is 35.5 Å². The van der Waals surface area contributed by atoms with E-state index in [1.807, 2.05) is 12.1 Å². The molecule has 9 nitrogen and oxygen atoms in total. The topological polar surface area (TPSA) is 105 Å². The van der Waals surface area contributed by atoms with Gasteiger partial charge < -0.3 is 9.64 Å².